The predicted molar refractivity (Wildman–Crippen MR) is 68.5 cm³/mol. The van der Waals surface area contributed by atoms with Crippen LogP contribution >= 0.6 is 0 Å². The van der Waals surface area contributed by atoms with E-state index in [1.807, 2.05) is 13.8 Å². The number of nitrogens with one attached hydrogen (secondary N) is 1. The maximum atomic E-state index is 13.1. The first kappa shape index (κ1) is 13.2. The molecule has 19 heavy (non-hydrogen) atoms. The number of halogens is 1. The SMILES string of the molecule is CCC(C)NC(=O)c1cn(-c2cccc(F)c2)nn1. The second-order valence-corrected chi connectivity index (χ2v) is 4.31. The predicted octanol–water partition coefficient (Wildman–Crippen LogP) is 1.93. The molecule has 0 aliphatic carbocycles. The smallest absolute Gasteiger partial charge is 0.273 e. The Morgan fingerprint density at radius 3 is 3.00 bits per heavy atom. The van der Waals surface area contributed by atoms with E-state index < -0.39 is 0 Å². The van der Waals surface area contributed by atoms with Gasteiger partial charge in [-0.3, -0.25) is 4.79 Å². The minimum atomic E-state index is -0.362. The van der Waals surface area contributed by atoms with Gasteiger partial charge in [-0.2, -0.15) is 0 Å². The zero-order valence-electron chi connectivity index (χ0n) is 10.8. The monoisotopic (exact) mass is 262 g/mol. The molecular weight excluding hydrogens is 247 g/mol. The highest BCUT2D eigenvalue weighted by Crippen LogP contribution is 2.08. The molecule has 2 rings (SSSR count). The van der Waals surface area contributed by atoms with Gasteiger partial charge in [-0.1, -0.05) is 18.2 Å². The summed E-state index contributed by atoms with van der Waals surface area (Å²) in [6.45, 7) is 3.89. The molecule has 1 aromatic carbocycles. The van der Waals surface area contributed by atoms with Gasteiger partial charge in [-0.05, 0) is 31.5 Å². The lowest BCUT2D eigenvalue weighted by molar-refractivity contribution is 0.0934. The van der Waals surface area contributed by atoms with E-state index in [4.69, 9.17) is 0 Å². The summed E-state index contributed by atoms with van der Waals surface area (Å²) in [5, 5.41) is 10.4. The maximum absolute atomic E-state index is 13.1. The van der Waals surface area contributed by atoms with E-state index in [0.717, 1.165) is 6.42 Å². The average Bonchev–Trinajstić information content (AvgIpc) is 2.88. The average molecular weight is 262 g/mol. The molecule has 0 aliphatic rings. The standard InChI is InChI=1S/C13H15FN4O/c1-3-9(2)15-13(19)12-8-18(17-16-12)11-6-4-5-10(14)7-11/h4-9H,3H2,1-2H3,(H,15,19). The van der Waals surface area contributed by atoms with Gasteiger partial charge < -0.3 is 5.32 Å². The Morgan fingerprint density at radius 2 is 2.32 bits per heavy atom. The second kappa shape index (κ2) is 5.60. The summed E-state index contributed by atoms with van der Waals surface area (Å²) in [5.41, 5.74) is 0.736. The van der Waals surface area contributed by atoms with Crippen molar-refractivity contribution in [2.75, 3.05) is 0 Å². The molecule has 6 heteroatoms. The number of hydrogen-bond donors (Lipinski definition) is 1. The van der Waals surface area contributed by atoms with E-state index in [2.05, 4.69) is 15.6 Å². The molecule has 0 radical (unpaired) electrons. The summed E-state index contributed by atoms with van der Waals surface area (Å²) in [6.07, 6.45) is 2.32. The number of hydrogen-bond acceptors (Lipinski definition) is 3. The van der Waals surface area contributed by atoms with Crippen molar-refractivity contribution in [2.24, 2.45) is 0 Å². The number of carbonyl (C=O) groups excluding carboxylic acids is 1. The fourth-order valence-electron chi connectivity index (χ4n) is 1.51. The van der Waals surface area contributed by atoms with Gasteiger partial charge in [-0.15, -0.1) is 5.10 Å². The van der Waals surface area contributed by atoms with Crippen molar-refractivity contribution >= 4 is 5.91 Å². The van der Waals surface area contributed by atoms with E-state index in [1.54, 1.807) is 12.1 Å². The van der Waals surface area contributed by atoms with Gasteiger partial charge >= 0.3 is 0 Å². The largest absolute Gasteiger partial charge is 0.348 e. The first-order valence-corrected chi connectivity index (χ1v) is 6.09. The Morgan fingerprint density at radius 1 is 1.53 bits per heavy atom. The first-order chi connectivity index (χ1) is 9.10. The van der Waals surface area contributed by atoms with Gasteiger partial charge in [0.2, 0.25) is 0 Å². The zero-order valence-corrected chi connectivity index (χ0v) is 10.8. The molecule has 1 amide bonds. The third-order valence-corrected chi connectivity index (χ3v) is 2.79. The highest BCUT2D eigenvalue weighted by molar-refractivity contribution is 5.92. The number of amides is 1. The maximum Gasteiger partial charge on any atom is 0.273 e. The second-order valence-electron chi connectivity index (χ2n) is 4.31. The van der Waals surface area contributed by atoms with Crippen molar-refractivity contribution in [2.45, 2.75) is 26.3 Å². The zero-order chi connectivity index (χ0) is 13.8. The number of rotatable bonds is 4. The van der Waals surface area contributed by atoms with Crippen molar-refractivity contribution in [3.63, 3.8) is 0 Å². The molecule has 0 saturated heterocycles. The van der Waals surface area contributed by atoms with Gasteiger partial charge in [0, 0.05) is 6.04 Å². The first-order valence-electron chi connectivity index (χ1n) is 6.09. The molecule has 2 aromatic rings. The topological polar surface area (TPSA) is 59.8 Å². The van der Waals surface area contributed by atoms with Crippen molar-refractivity contribution in [1.29, 1.82) is 0 Å². The summed E-state index contributed by atoms with van der Waals surface area (Å²) in [7, 11) is 0. The summed E-state index contributed by atoms with van der Waals surface area (Å²) >= 11 is 0. The third kappa shape index (κ3) is 3.15. The molecule has 1 N–H and O–H groups in total. The lowest BCUT2D eigenvalue weighted by Gasteiger charge is -2.08. The van der Waals surface area contributed by atoms with Crippen LogP contribution in [0, 0.1) is 5.82 Å². The van der Waals surface area contributed by atoms with Crippen molar-refractivity contribution in [1.82, 2.24) is 20.3 Å². The highest BCUT2D eigenvalue weighted by Gasteiger charge is 2.13. The molecule has 5 nitrogen and oxygen atoms in total. The minimum Gasteiger partial charge on any atom is -0.348 e. The quantitative estimate of drug-likeness (QED) is 0.916. The van der Waals surface area contributed by atoms with Crippen LogP contribution in [0.1, 0.15) is 30.8 Å². The number of aromatic nitrogens is 3. The Labute approximate surface area is 110 Å². The van der Waals surface area contributed by atoms with Crippen LogP contribution in [-0.4, -0.2) is 26.9 Å². The van der Waals surface area contributed by atoms with Crippen LogP contribution in [-0.2, 0) is 0 Å². The molecule has 0 saturated carbocycles. The summed E-state index contributed by atoms with van der Waals surface area (Å²) < 4.78 is 14.5. The van der Waals surface area contributed by atoms with E-state index >= 15 is 0 Å². The van der Waals surface area contributed by atoms with E-state index in [-0.39, 0.29) is 23.5 Å². The molecule has 1 heterocycles. The lowest BCUT2D eigenvalue weighted by atomic mass is 10.2. The van der Waals surface area contributed by atoms with E-state index in [1.165, 1.54) is 23.0 Å². The van der Waals surface area contributed by atoms with E-state index in [0.29, 0.717) is 5.69 Å². The van der Waals surface area contributed by atoms with Crippen LogP contribution in [0.4, 0.5) is 4.39 Å². The molecule has 1 aromatic heterocycles. The van der Waals surface area contributed by atoms with Gasteiger partial charge in [0.1, 0.15) is 5.82 Å². The Balaban J connectivity index is 2.17. The van der Waals surface area contributed by atoms with Crippen LogP contribution in [0.2, 0.25) is 0 Å². The molecule has 100 valence electrons. The van der Waals surface area contributed by atoms with Crippen molar-refractivity contribution < 1.29 is 9.18 Å². The highest BCUT2D eigenvalue weighted by atomic mass is 19.1. The Kier molecular flexibility index (Phi) is 3.89. The van der Waals surface area contributed by atoms with Gasteiger partial charge in [0.25, 0.3) is 5.91 Å². The van der Waals surface area contributed by atoms with Crippen LogP contribution < -0.4 is 5.32 Å². The van der Waals surface area contributed by atoms with Gasteiger partial charge in [0.15, 0.2) is 5.69 Å². The Hall–Kier alpha value is -2.24. The summed E-state index contributed by atoms with van der Waals surface area (Å²) in [6, 6.07) is 6.01. The molecule has 1 atom stereocenters. The van der Waals surface area contributed by atoms with Crippen LogP contribution in [0.15, 0.2) is 30.5 Å². The van der Waals surface area contributed by atoms with Gasteiger partial charge in [-0.25, -0.2) is 9.07 Å². The molecule has 0 bridgehead atoms. The molecular formula is C13H15FN4O. The van der Waals surface area contributed by atoms with E-state index in [9.17, 15) is 9.18 Å². The third-order valence-electron chi connectivity index (χ3n) is 2.79. The minimum absolute atomic E-state index is 0.0758. The normalized spacial score (nSPS) is 12.2. The van der Waals surface area contributed by atoms with Crippen molar-refractivity contribution in [3.05, 3.63) is 42.0 Å². The van der Waals surface area contributed by atoms with Crippen molar-refractivity contribution in [3.8, 4) is 5.69 Å². The summed E-state index contributed by atoms with van der Waals surface area (Å²) in [5.74, 6) is -0.643. The lowest BCUT2D eigenvalue weighted by Crippen LogP contribution is -2.32. The summed E-state index contributed by atoms with van der Waals surface area (Å²) in [4.78, 5) is 11.8. The molecule has 0 fully saturated rings. The number of carbonyl (C=O) groups is 1. The van der Waals surface area contributed by atoms with Crippen LogP contribution in [0.3, 0.4) is 0 Å². The molecule has 0 spiro atoms. The molecule has 1 unspecified atom stereocenters. The Bertz CT molecular complexity index is 582. The number of benzene rings is 1. The fourth-order valence-corrected chi connectivity index (χ4v) is 1.51. The van der Waals surface area contributed by atoms with Crippen LogP contribution in [0.25, 0.3) is 5.69 Å². The van der Waals surface area contributed by atoms with Crippen LogP contribution in [0.5, 0.6) is 0 Å². The van der Waals surface area contributed by atoms with Gasteiger partial charge in [0.05, 0.1) is 11.9 Å². The molecule has 0 aliphatic heterocycles. The number of nitrogens with zero attached hydrogens (tertiary/aromatic N) is 3. The fraction of sp³-hybridized carbons (Fsp3) is 0.308.